The van der Waals surface area contributed by atoms with E-state index in [1.54, 1.807) is 0 Å². The van der Waals surface area contributed by atoms with Crippen molar-refractivity contribution in [1.82, 2.24) is 19.8 Å². The number of guanidine groups is 1. The molecule has 1 atom stereocenters. The summed E-state index contributed by atoms with van der Waals surface area (Å²) in [4.78, 5) is 11.0. The molecule has 1 aliphatic rings. The van der Waals surface area contributed by atoms with E-state index in [0.29, 0.717) is 0 Å². The first kappa shape index (κ1) is 12.9. The van der Waals surface area contributed by atoms with Crippen LogP contribution in [0.5, 0.6) is 0 Å². The van der Waals surface area contributed by atoms with E-state index in [1.165, 1.54) is 12.8 Å². The van der Waals surface area contributed by atoms with Crippen LogP contribution in [0.4, 0.5) is 0 Å². The normalized spacial score (nSPS) is 21.2. The van der Waals surface area contributed by atoms with Crippen LogP contribution < -0.4 is 5.32 Å². The minimum absolute atomic E-state index is 0.723. The predicted octanol–water partition coefficient (Wildman–Crippen LogP) is 1.23. The minimum Gasteiger partial charge on any atom is -0.349 e. The number of imidazole rings is 1. The summed E-state index contributed by atoms with van der Waals surface area (Å²) in [7, 11) is 3.86. The van der Waals surface area contributed by atoms with Crippen molar-refractivity contribution >= 4 is 5.96 Å². The molecular formula is C13H23N5. The van der Waals surface area contributed by atoms with Gasteiger partial charge < -0.3 is 14.8 Å². The number of piperidine rings is 1. The SMILES string of the molecule is CN=C(NCc1nccn1C)N1CCCC(C)C1. The van der Waals surface area contributed by atoms with Crippen molar-refractivity contribution < 1.29 is 0 Å². The van der Waals surface area contributed by atoms with Gasteiger partial charge in [-0.3, -0.25) is 4.99 Å². The fourth-order valence-corrected chi connectivity index (χ4v) is 2.44. The van der Waals surface area contributed by atoms with Crippen molar-refractivity contribution in [1.29, 1.82) is 0 Å². The summed E-state index contributed by atoms with van der Waals surface area (Å²) in [6.45, 7) is 5.23. The molecule has 1 fully saturated rings. The highest BCUT2D eigenvalue weighted by molar-refractivity contribution is 5.79. The summed E-state index contributed by atoms with van der Waals surface area (Å²) >= 11 is 0. The number of nitrogens with one attached hydrogen (secondary N) is 1. The van der Waals surface area contributed by atoms with Crippen LogP contribution in [0.2, 0.25) is 0 Å². The molecule has 1 aromatic heterocycles. The fourth-order valence-electron chi connectivity index (χ4n) is 2.44. The lowest BCUT2D eigenvalue weighted by Gasteiger charge is -2.33. The van der Waals surface area contributed by atoms with Crippen molar-refractivity contribution in [3.05, 3.63) is 18.2 Å². The predicted molar refractivity (Wildman–Crippen MR) is 73.4 cm³/mol. The lowest BCUT2D eigenvalue weighted by molar-refractivity contribution is 0.265. The van der Waals surface area contributed by atoms with Crippen LogP contribution in [0.25, 0.3) is 0 Å². The van der Waals surface area contributed by atoms with Crippen molar-refractivity contribution in [3.63, 3.8) is 0 Å². The smallest absolute Gasteiger partial charge is 0.194 e. The standard InChI is InChI=1S/C13H23N5/c1-11-5-4-7-18(10-11)13(14-2)16-9-12-15-6-8-17(12)3/h6,8,11H,4-5,7,9-10H2,1-3H3,(H,14,16). The summed E-state index contributed by atoms with van der Waals surface area (Å²) in [5, 5.41) is 3.40. The van der Waals surface area contributed by atoms with Crippen LogP contribution in [0.15, 0.2) is 17.4 Å². The molecule has 1 unspecified atom stereocenters. The lowest BCUT2D eigenvalue weighted by atomic mass is 10.0. The fraction of sp³-hybridized carbons (Fsp3) is 0.692. The summed E-state index contributed by atoms with van der Waals surface area (Å²) in [5.41, 5.74) is 0. The molecule has 0 aromatic carbocycles. The topological polar surface area (TPSA) is 45.5 Å². The molecule has 5 nitrogen and oxygen atoms in total. The zero-order chi connectivity index (χ0) is 13.0. The van der Waals surface area contributed by atoms with E-state index in [9.17, 15) is 0 Å². The Balaban J connectivity index is 1.92. The van der Waals surface area contributed by atoms with E-state index in [2.05, 4.69) is 27.1 Å². The molecule has 18 heavy (non-hydrogen) atoms. The van der Waals surface area contributed by atoms with Gasteiger partial charge >= 0.3 is 0 Å². The third kappa shape index (κ3) is 3.03. The number of aryl methyl sites for hydroxylation is 1. The first-order valence-corrected chi connectivity index (χ1v) is 6.62. The van der Waals surface area contributed by atoms with Gasteiger partial charge in [0.25, 0.3) is 0 Å². The van der Waals surface area contributed by atoms with Crippen LogP contribution in [-0.2, 0) is 13.6 Å². The highest BCUT2D eigenvalue weighted by Gasteiger charge is 2.19. The highest BCUT2D eigenvalue weighted by Crippen LogP contribution is 2.15. The van der Waals surface area contributed by atoms with Gasteiger partial charge in [0.15, 0.2) is 5.96 Å². The van der Waals surface area contributed by atoms with Crippen LogP contribution >= 0.6 is 0 Å². The van der Waals surface area contributed by atoms with Crippen LogP contribution in [-0.4, -0.2) is 40.5 Å². The zero-order valence-electron chi connectivity index (χ0n) is 11.6. The van der Waals surface area contributed by atoms with E-state index >= 15 is 0 Å². The molecule has 5 heteroatoms. The first-order chi connectivity index (χ1) is 8.70. The van der Waals surface area contributed by atoms with Crippen molar-refractivity contribution in [2.75, 3.05) is 20.1 Å². The Labute approximate surface area is 109 Å². The van der Waals surface area contributed by atoms with Crippen molar-refractivity contribution in [2.24, 2.45) is 18.0 Å². The van der Waals surface area contributed by atoms with Gasteiger partial charge in [-0.15, -0.1) is 0 Å². The molecule has 1 aromatic rings. The average molecular weight is 249 g/mol. The van der Waals surface area contributed by atoms with E-state index in [1.807, 2.05) is 31.1 Å². The highest BCUT2D eigenvalue weighted by atomic mass is 15.3. The van der Waals surface area contributed by atoms with Crippen LogP contribution in [0.3, 0.4) is 0 Å². The number of likely N-dealkylation sites (tertiary alicyclic amines) is 1. The molecule has 1 N–H and O–H groups in total. The van der Waals surface area contributed by atoms with Crippen molar-refractivity contribution in [2.45, 2.75) is 26.3 Å². The molecule has 0 aliphatic carbocycles. The average Bonchev–Trinajstić information content (AvgIpc) is 2.76. The largest absolute Gasteiger partial charge is 0.349 e. The Morgan fingerprint density at radius 3 is 3.06 bits per heavy atom. The second-order valence-corrected chi connectivity index (χ2v) is 5.05. The maximum Gasteiger partial charge on any atom is 0.194 e. The molecule has 0 bridgehead atoms. The Kier molecular flexibility index (Phi) is 4.23. The molecule has 2 heterocycles. The molecule has 0 radical (unpaired) electrons. The number of hydrogen-bond donors (Lipinski definition) is 1. The molecule has 2 rings (SSSR count). The van der Waals surface area contributed by atoms with E-state index in [0.717, 1.165) is 37.3 Å². The maximum atomic E-state index is 4.37. The van der Waals surface area contributed by atoms with E-state index in [4.69, 9.17) is 0 Å². The van der Waals surface area contributed by atoms with Crippen LogP contribution in [0.1, 0.15) is 25.6 Å². The van der Waals surface area contributed by atoms with Gasteiger partial charge in [0.05, 0.1) is 6.54 Å². The number of hydrogen-bond acceptors (Lipinski definition) is 2. The summed E-state index contributed by atoms with van der Waals surface area (Å²) < 4.78 is 2.03. The maximum absolute atomic E-state index is 4.37. The number of aliphatic imine (C=N–C) groups is 1. The van der Waals surface area contributed by atoms with E-state index in [-0.39, 0.29) is 0 Å². The number of rotatable bonds is 2. The second-order valence-electron chi connectivity index (χ2n) is 5.05. The monoisotopic (exact) mass is 249 g/mol. The first-order valence-electron chi connectivity index (χ1n) is 6.62. The molecule has 0 spiro atoms. The molecule has 0 saturated carbocycles. The Morgan fingerprint density at radius 1 is 1.61 bits per heavy atom. The second kappa shape index (κ2) is 5.89. The molecule has 100 valence electrons. The van der Waals surface area contributed by atoms with Crippen LogP contribution in [0, 0.1) is 5.92 Å². The minimum atomic E-state index is 0.723. The lowest BCUT2D eigenvalue weighted by Crippen LogP contribution is -2.46. The Hall–Kier alpha value is -1.52. The summed E-state index contributed by atoms with van der Waals surface area (Å²) in [6.07, 6.45) is 6.36. The van der Waals surface area contributed by atoms with Gasteiger partial charge in [-0.2, -0.15) is 0 Å². The van der Waals surface area contributed by atoms with Gasteiger partial charge in [0, 0.05) is 39.6 Å². The van der Waals surface area contributed by atoms with E-state index < -0.39 is 0 Å². The van der Waals surface area contributed by atoms with Gasteiger partial charge in [-0.1, -0.05) is 6.92 Å². The number of aromatic nitrogens is 2. The van der Waals surface area contributed by atoms with Gasteiger partial charge in [0.1, 0.15) is 5.82 Å². The Morgan fingerprint density at radius 2 is 2.44 bits per heavy atom. The Bertz CT molecular complexity index is 409. The third-order valence-corrected chi connectivity index (χ3v) is 3.49. The van der Waals surface area contributed by atoms with Crippen molar-refractivity contribution in [3.8, 4) is 0 Å². The quantitative estimate of drug-likeness (QED) is 0.633. The zero-order valence-corrected chi connectivity index (χ0v) is 11.6. The molecular weight excluding hydrogens is 226 g/mol. The summed E-state index contributed by atoms with van der Waals surface area (Å²) in [6, 6.07) is 0. The molecule has 1 aliphatic heterocycles. The molecule has 1 saturated heterocycles. The molecule has 0 amide bonds. The van der Waals surface area contributed by atoms with Gasteiger partial charge in [0.2, 0.25) is 0 Å². The summed E-state index contributed by atoms with van der Waals surface area (Å²) in [5.74, 6) is 2.77. The third-order valence-electron chi connectivity index (χ3n) is 3.49. The number of nitrogens with zero attached hydrogens (tertiary/aromatic N) is 4. The van der Waals surface area contributed by atoms with Gasteiger partial charge in [-0.05, 0) is 18.8 Å². The van der Waals surface area contributed by atoms with Gasteiger partial charge in [-0.25, -0.2) is 4.98 Å².